The summed E-state index contributed by atoms with van der Waals surface area (Å²) in [7, 11) is 0. The third-order valence-corrected chi connectivity index (χ3v) is 5.37. The molecule has 0 fully saturated rings. The minimum atomic E-state index is -0.225. The van der Waals surface area contributed by atoms with Crippen LogP contribution in [0, 0.1) is 11.3 Å². The number of rotatable bonds is 18. The first-order valence-corrected chi connectivity index (χ1v) is 10.9. The van der Waals surface area contributed by atoms with Crippen LogP contribution in [0.2, 0.25) is 0 Å². The van der Waals surface area contributed by atoms with E-state index in [0.29, 0.717) is 0 Å². The molecule has 150 valence electrons. The van der Waals surface area contributed by atoms with Crippen molar-refractivity contribution in [3.63, 3.8) is 0 Å². The first kappa shape index (κ1) is 24.8. The van der Waals surface area contributed by atoms with Crippen molar-refractivity contribution in [3.8, 4) is 0 Å². The number of carbonyl (C=O) groups is 2. The molecular formula is C24H42O2. The van der Waals surface area contributed by atoms with Gasteiger partial charge in [-0.1, -0.05) is 65.0 Å². The molecule has 0 aliphatic carbocycles. The summed E-state index contributed by atoms with van der Waals surface area (Å²) >= 11 is 0. The Kier molecular flexibility index (Phi) is 15.3. The van der Waals surface area contributed by atoms with Gasteiger partial charge in [0.2, 0.25) is 0 Å². The van der Waals surface area contributed by atoms with Gasteiger partial charge in [-0.2, -0.15) is 0 Å². The van der Waals surface area contributed by atoms with E-state index in [-0.39, 0.29) is 17.1 Å². The smallest absolute Gasteiger partial charge is 0.158 e. The largest absolute Gasteiger partial charge is 0.303 e. The first-order valence-electron chi connectivity index (χ1n) is 10.9. The maximum atomic E-state index is 12.7. The SMILES string of the molecule is C=CCCCCC(CCC(C=O)(CCC)CCCC)C(=O)C=CCCC. The Morgan fingerprint density at radius 1 is 0.923 bits per heavy atom. The van der Waals surface area contributed by atoms with Crippen LogP contribution in [0.4, 0.5) is 0 Å². The highest BCUT2D eigenvalue weighted by Crippen LogP contribution is 2.35. The molecule has 0 N–H and O–H groups in total. The van der Waals surface area contributed by atoms with Crippen molar-refractivity contribution < 1.29 is 9.59 Å². The summed E-state index contributed by atoms with van der Waals surface area (Å²) in [6, 6.07) is 0. The minimum absolute atomic E-state index is 0.0609. The van der Waals surface area contributed by atoms with E-state index in [1.165, 1.54) is 6.29 Å². The van der Waals surface area contributed by atoms with E-state index in [1.807, 2.05) is 12.2 Å². The molecule has 0 heterocycles. The van der Waals surface area contributed by atoms with Crippen LogP contribution < -0.4 is 0 Å². The lowest BCUT2D eigenvalue weighted by Gasteiger charge is -2.29. The number of hydrogen-bond donors (Lipinski definition) is 0. The minimum Gasteiger partial charge on any atom is -0.303 e. The van der Waals surface area contributed by atoms with Crippen molar-refractivity contribution in [2.45, 2.75) is 104 Å². The van der Waals surface area contributed by atoms with Crippen LogP contribution in [-0.4, -0.2) is 12.1 Å². The van der Waals surface area contributed by atoms with Gasteiger partial charge in [-0.05, 0) is 57.4 Å². The van der Waals surface area contributed by atoms with E-state index in [2.05, 4.69) is 27.4 Å². The van der Waals surface area contributed by atoms with E-state index < -0.39 is 0 Å². The monoisotopic (exact) mass is 362 g/mol. The molecule has 0 rings (SSSR count). The first-order chi connectivity index (χ1) is 12.6. The Bertz CT molecular complexity index is 410. The lowest BCUT2D eigenvalue weighted by molar-refractivity contribution is -0.121. The van der Waals surface area contributed by atoms with Crippen molar-refractivity contribution >= 4 is 12.1 Å². The highest BCUT2D eigenvalue weighted by Gasteiger charge is 2.30. The molecule has 0 aliphatic heterocycles. The number of carbonyl (C=O) groups excluding carboxylic acids is 2. The molecule has 2 unspecified atom stereocenters. The highest BCUT2D eigenvalue weighted by atomic mass is 16.1. The fraction of sp³-hybridized carbons (Fsp3) is 0.750. The van der Waals surface area contributed by atoms with Crippen molar-refractivity contribution in [1.82, 2.24) is 0 Å². The highest BCUT2D eigenvalue weighted by molar-refractivity contribution is 5.91. The maximum absolute atomic E-state index is 12.7. The Hall–Kier alpha value is -1.18. The molecule has 0 bridgehead atoms. The molecule has 0 aromatic rings. The lowest BCUT2D eigenvalue weighted by Crippen LogP contribution is -2.25. The summed E-state index contributed by atoms with van der Waals surface area (Å²) in [6.07, 6.45) is 19.9. The second-order valence-corrected chi connectivity index (χ2v) is 7.74. The van der Waals surface area contributed by atoms with Gasteiger partial charge in [0, 0.05) is 11.3 Å². The van der Waals surface area contributed by atoms with Gasteiger partial charge in [0.25, 0.3) is 0 Å². The van der Waals surface area contributed by atoms with Crippen LogP contribution in [0.25, 0.3) is 0 Å². The Morgan fingerprint density at radius 2 is 1.69 bits per heavy atom. The van der Waals surface area contributed by atoms with Crippen molar-refractivity contribution in [3.05, 3.63) is 24.8 Å². The molecule has 0 radical (unpaired) electrons. The van der Waals surface area contributed by atoms with Crippen LogP contribution in [0.15, 0.2) is 24.8 Å². The lowest BCUT2D eigenvalue weighted by atomic mass is 9.74. The molecule has 0 saturated heterocycles. The third kappa shape index (κ3) is 10.7. The predicted octanol–water partition coefficient (Wildman–Crippen LogP) is 7.23. The van der Waals surface area contributed by atoms with Gasteiger partial charge >= 0.3 is 0 Å². The fourth-order valence-electron chi connectivity index (χ4n) is 3.65. The number of aldehydes is 1. The summed E-state index contributed by atoms with van der Waals surface area (Å²) in [6.45, 7) is 10.2. The van der Waals surface area contributed by atoms with E-state index in [0.717, 1.165) is 83.5 Å². The molecule has 2 atom stereocenters. The number of ketones is 1. The fourth-order valence-corrected chi connectivity index (χ4v) is 3.65. The molecule has 0 amide bonds. The van der Waals surface area contributed by atoms with Gasteiger partial charge in [0.05, 0.1) is 0 Å². The zero-order valence-electron chi connectivity index (χ0n) is 17.6. The van der Waals surface area contributed by atoms with Crippen molar-refractivity contribution in [2.24, 2.45) is 11.3 Å². The van der Waals surface area contributed by atoms with Gasteiger partial charge < -0.3 is 4.79 Å². The predicted molar refractivity (Wildman–Crippen MR) is 113 cm³/mol. The number of hydrogen-bond acceptors (Lipinski definition) is 2. The molecule has 2 heteroatoms. The van der Waals surface area contributed by atoms with Gasteiger partial charge in [-0.3, -0.25) is 4.79 Å². The maximum Gasteiger partial charge on any atom is 0.158 e. The summed E-state index contributed by atoms with van der Waals surface area (Å²) in [5.41, 5.74) is -0.225. The van der Waals surface area contributed by atoms with Gasteiger partial charge in [-0.25, -0.2) is 0 Å². The Balaban J connectivity index is 4.94. The summed E-state index contributed by atoms with van der Waals surface area (Å²) in [5, 5.41) is 0. The van der Waals surface area contributed by atoms with E-state index in [1.54, 1.807) is 6.08 Å². The molecular weight excluding hydrogens is 320 g/mol. The molecule has 0 aromatic carbocycles. The van der Waals surface area contributed by atoms with Crippen LogP contribution in [-0.2, 0) is 9.59 Å². The quantitative estimate of drug-likeness (QED) is 0.111. The molecule has 0 aromatic heterocycles. The normalized spacial score (nSPS) is 14.9. The van der Waals surface area contributed by atoms with Crippen LogP contribution in [0.3, 0.4) is 0 Å². The second-order valence-electron chi connectivity index (χ2n) is 7.74. The van der Waals surface area contributed by atoms with Crippen LogP contribution in [0.5, 0.6) is 0 Å². The molecule has 0 saturated carbocycles. The van der Waals surface area contributed by atoms with Crippen LogP contribution in [0.1, 0.15) is 104 Å². The van der Waals surface area contributed by atoms with E-state index in [4.69, 9.17) is 0 Å². The summed E-state index contributed by atoms with van der Waals surface area (Å²) in [4.78, 5) is 24.6. The average Bonchev–Trinajstić information content (AvgIpc) is 2.65. The van der Waals surface area contributed by atoms with Gasteiger partial charge in [0.15, 0.2) is 5.78 Å². The third-order valence-electron chi connectivity index (χ3n) is 5.37. The second kappa shape index (κ2) is 16.0. The molecule has 0 spiro atoms. The van der Waals surface area contributed by atoms with E-state index in [9.17, 15) is 9.59 Å². The topological polar surface area (TPSA) is 34.1 Å². The molecule has 2 nitrogen and oxygen atoms in total. The average molecular weight is 363 g/mol. The number of unbranched alkanes of at least 4 members (excludes halogenated alkanes) is 4. The van der Waals surface area contributed by atoms with E-state index >= 15 is 0 Å². The van der Waals surface area contributed by atoms with Crippen molar-refractivity contribution in [1.29, 1.82) is 0 Å². The standard InChI is InChI=1S/C24H42O2/c1-5-9-12-14-15-22(23(26)16-13-10-6-2)17-20-24(21-25,18-8-4)19-11-7-3/h5,13,16,21-22H,1,6-12,14-15,17-20H2,2-4H3. The molecule has 0 aliphatic rings. The zero-order valence-corrected chi connectivity index (χ0v) is 17.6. The van der Waals surface area contributed by atoms with Crippen molar-refractivity contribution in [2.75, 3.05) is 0 Å². The Morgan fingerprint density at radius 3 is 2.27 bits per heavy atom. The van der Waals surface area contributed by atoms with Gasteiger partial charge in [0.1, 0.15) is 6.29 Å². The van der Waals surface area contributed by atoms with Gasteiger partial charge in [-0.15, -0.1) is 6.58 Å². The molecule has 26 heavy (non-hydrogen) atoms. The number of allylic oxidation sites excluding steroid dienone is 3. The zero-order chi connectivity index (χ0) is 19.7. The summed E-state index contributed by atoms with van der Waals surface area (Å²) < 4.78 is 0. The summed E-state index contributed by atoms with van der Waals surface area (Å²) in [5.74, 6) is 0.314. The van der Waals surface area contributed by atoms with Crippen LogP contribution >= 0.6 is 0 Å². The Labute approximate surface area is 162 Å².